The standard InChI is InChI=1S/C18H25NO4/c1-21-13-16-3-2-7-19(16)8-6-15(12-20)14-4-5-17-18(11-14)23-10-9-22-17/h4-5,11-12,15-16H,2-3,6-10,13H2,1H3/t15?,16-/m0/s1. The van der Waals surface area contributed by atoms with E-state index in [9.17, 15) is 4.79 Å². The maximum atomic E-state index is 11.6. The lowest BCUT2D eigenvalue weighted by Crippen LogP contribution is -2.34. The molecule has 3 rings (SSSR count). The molecule has 2 heterocycles. The summed E-state index contributed by atoms with van der Waals surface area (Å²) in [6.45, 7) is 3.94. The van der Waals surface area contributed by atoms with Crippen LogP contribution in [0.5, 0.6) is 11.5 Å². The number of hydrogen-bond donors (Lipinski definition) is 0. The second kappa shape index (κ2) is 7.79. The molecule has 1 fully saturated rings. The van der Waals surface area contributed by atoms with Crippen molar-refractivity contribution in [3.8, 4) is 11.5 Å². The summed E-state index contributed by atoms with van der Waals surface area (Å²) in [5.74, 6) is 1.41. The number of benzene rings is 1. The van der Waals surface area contributed by atoms with Crippen LogP contribution in [0.4, 0.5) is 0 Å². The third-order valence-electron chi connectivity index (χ3n) is 4.74. The van der Waals surface area contributed by atoms with Crippen LogP contribution in [0.15, 0.2) is 18.2 Å². The van der Waals surface area contributed by atoms with E-state index < -0.39 is 0 Å². The van der Waals surface area contributed by atoms with Crippen molar-refractivity contribution >= 4 is 6.29 Å². The molecule has 126 valence electrons. The van der Waals surface area contributed by atoms with Crippen LogP contribution in [0.2, 0.25) is 0 Å². The van der Waals surface area contributed by atoms with Crippen LogP contribution in [-0.2, 0) is 9.53 Å². The zero-order chi connectivity index (χ0) is 16.1. The van der Waals surface area contributed by atoms with Crippen LogP contribution in [-0.4, -0.2) is 57.2 Å². The average Bonchev–Trinajstić information content (AvgIpc) is 3.03. The van der Waals surface area contributed by atoms with Crippen molar-refractivity contribution in [2.75, 3.05) is 40.0 Å². The number of carbonyl (C=O) groups excluding carboxylic acids is 1. The van der Waals surface area contributed by atoms with E-state index in [0.717, 1.165) is 49.5 Å². The molecule has 5 nitrogen and oxygen atoms in total. The van der Waals surface area contributed by atoms with Crippen LogP contribution >= 0.6 is 0 Å². The Hall–Kier alpha value is -1.59. The Kier molecular flexibility index (Phi) is 5.51. The lowest BCUT2D eigenvalue weighted by molar-refractivity contribution is -0.109. The lowest BCUT2D eigenvalue weighted by Gasteiger charge is -2.25. The molecule has 0 aromatic heterocycles. The van der Waals surface area contributed by atoms with Crippen molar-refractivity contribution in [1.29, 1.82) is 0 Å². The van der Waals surface area contributed by atoms with E-state index in [1.165, 1.54) is 12.8 Å². The van der Waals surface area contributed by atoms with E-state index in [1.807, 2.05) is 18.2 Å². The van der Waals surface area contributed by atoms with E-state index in [1.54, 1.807) is 7.11 Å². The highest BCUT2D eigenvalue weighted by atomic mass is 16.6. The van der Waals surface area contributed by atoms with E-state index in [2.05, 4.69) is 4.90 Å². The second-order valence-corrected chi connectivity index (χ2v) is 6.22. The number of carbonyl (C=O) groups is 1. The van der Waals surface area contributed by atoms with Gasteiger partial charge in [0.25, 0.3) is 0 Å². The number of rotatable bonds is 7. The van der Waals surface area contributed by atoms with Gasteiger partial charge in [0.2, 0.25) is 0 Å². The molecule has 2 aliphatic heterocycles. The minimum absolute atomic E-state index is 0.102. The fraction of sp³-hybridized carbons (Fsp3) is 0.611. The fourth-order valence-electron chi connectivity index (χ4n) is 3.48. The van der Waals surface area contributed by atoms with Crippen molar-refractivity contribution in [3.05, 3.63) is 23.8 Å². The number of fused-ring (bicyclic) bond motifs is 1. The first kappa shape index (κ1) is 16.3. The van der Waals surface area contributed by atoms with Gasteiger partial charge in [-0.15, -0.1) is 0 Å². The van der Waals surface area contributed by atoms with Gasteiger partial charge in [-0.25, -0.2) is 0 Å². The number of aldehydes is 1. The van der Waals surface area contributed by atoms with Crippen molar-refractivity contribution < 1.29 is 19.0 Å². The van der Waals surface area contributed by atoms with Crippen molar-refractivity contribution in [3.63, 3.8) is 0 Å². The highest BCUT2D eigenvalue weighted by molar-refractivity contribution is 5.63. The Morgan fingerprint density at radius 1 is 1.35 bits per heavy atom. The van der Waals surface area contributed by atoms with Gasteiger partial charge in [-0.2, -0.15) is 0 Å². The molecule has 1 aromatic rings. The highest BCUT2D eigenvalue weighted by Crippen LogP contribution is 2.33. The molecule has 0 radical (unpaired) electrons. The molecule has 23 heavy (non-hydrogen) atoms. The van der Waals surface area contributed by atoms with Crippen molar-refractivity contribution in [1.82, 2.24) is 4.90 Å². The Labute approximate surface area is 137 Å². The van der Waals surface area contributed by atoms with Gasteiger partial charge in [0, 0.05) is 19.1 Å². The van der Waals surface area contributed by atoms with Crippen LogP contribution in [0.3, 0.4) is 0 Å². The van der Waals surface area contributed by atoms with Crippen molar-refractivity contribution in [2.24, 2.45) is 0 Å². The summed E-state index contributed by atoms with van der Waals surface area (Å²) in [4.78, 5) is 14.0. The first-order valence-electron chi connectivity index (χ1n) is 8.39. The predicted molar refractivity (Wildman–Crippen MR) is 87.3 cm³/mol. The Balaban J connectivity index is 1.62. The van der Waals surface area contributed by atoms with Gasteiger partial charge in [-0.05, 0) is 50.0 Å². The van der Waals surface area contributed by atoms with E-state index in [-0.39, 0.29) is 5.92 Å². The largest absolute Gasteiger partial charge is 0.486 e. The van der Waals surface area contributed by atoms with Crippen molar-refractivity contribution in [2.45, 2.75) is 31.2 Å². The SMILES string of the molecule is COC[C@@H]1CCCN1CCC(C=O)c1ccc2c(c1)OCCO2. The second-order valence-electron chi connectivity index (χ2n) is 6.22. The van der Waals surface area contributed by atoms with E-state index in [4.69, 9.17) is 14.2 Å². The minimum Gasteiger partial charge on any atom is -0.486 e. The monoisotopic (exact) mass is 319 g/mol. The van der Waals surface area contributed by atoms with Gasteiger partial charge in [0.15, 0.2) is 11.5 Å². The molecule has 0 spiro atoms. The van der Waals surface area contributed by atoms with Crippen LogP contribution in [0, 0.1) is 0 Å². The molecule has 0 N–H and O–H groups in total. The molecule has 1 aromatic carbocycles. The van der Waals surface area contributed by atoms with Crippen LogP contribution in [0.1, 0.15) is 30.7 Å². The van der Waals surface area contributed by atoms with Gasteiger partial charge < -0.3 is 19.0 Å². The van der Waals surface area contributed by atoms with Gasteiger partial charge in [-0.3, -0.25) is 4.90 Å². The summed E-state index contributed by atoms with van der Waals surface area (Å²) < 4.78 is 16.5. The number of ether oxygens (including phenoxy) is 3. The molecule has 0 saturated carbocycles. The summed E-state index contributed by atoms with van der Waals surface area (Å²) in [5.41, 5.74) is 1.01. The van der Waals surface area contributed by atoms with E-state index in [0.29, 0.717) is 19.3 Å². The Bertz CT molecular complexity index is 534. The quantitative estimate of drug-likeness (QED) is 0.721. The third kappa shape index (κ3) is 3.85. The smallest absolute Gasteiger partial charge is 0.161 e. The average molecular weight is 319 g/mol. The maximum absolute atomic E-state index is 11.6. The molecule has 2 atom stereocenters. The molecule has 5 heteroatoms. The summed E-state index contributed by atoms with van der Waals surface area (Å²) in [7, 11) is 1.75. The Morgan fingerprint density at radius 3 is 2.96 bits per heavy atom. The van der Waals surface area contributed by atoms with Crippen LogP contribution < -0.4 is 9.47 Å². The molecule has 1 unspecified atom stereocenters. The third-order valence-corrected chi connectivity index (χ3v) is 4.74. The van der Waals surface area contributed by atoms with Gasteiger partial charge >= 0.3 is 0 Å². The predicted octanol–water partition coefficient (Wildman–Crippen LogP) is 2.24. The topological polar surface area (TPSA) is 48.0 Å². The lowest BCUT2D eigenvalue weighted by atomic mass is 9.96. The molecule has 1 saturated heterocycles. The zero-order valence-corrected chi connectivity index (χ0v) is 13.7. The minimum atomic E-state index is -0.102. The summed E-state index contributed by atoms with van der Waals surface area (Å²) in [6.07, 6.45) is 4.27. The zero-order valence-electron chi connectivity index (χ0n) is 13.7. The number of hydrogen-bond acceptors (Lipinski definition) is 5. The molecular formula is C18H25NO4. The van der Waals surface area contributed by atoms with Crippen LogP contribution in [0.25, 0.3) is 0 Å². The van der Waals surface area contributed by atoms with Gasteiger partial charge in [0.1, 0.15) is 19.5 Å². The highest BCUT2D eigenvalue weighted by Gasteiger charge is 2.25. The summed E-state index contributed by atoms with van der Waals surface area (Å²) in [6, 6.07) is 6.32. The number of methoxy groups -OCH3 is 1. The Morgan fingerprint density at radius 2 is 2.17 bits per heavy atom. The van der Waals surface area contributed by atoms with Gasteiger partial charge in [0.05, 0.1) is 6.61 Å². The number of likely N-dealkylation sites (tertiary alicyclic amines) is 1. The first-order chi connectivity index (χ1) is 11.3. The maximum Gasteiger partial charge on any atom is 0.161 e. The first-order valence-corrected chi connectivity index (χ1v) is 8.39. The molecule has 2 aliphatic rings. The fourth-order valence-corrected chi connectivity index (χ4v) is 3.48. The molecule has 0 aliphatic carbocycles. The summed E-state index contributed by atoms with van der Waals surface area (Å²) in [5, 5.41) is 0. The molecular weight excluding hydrogens is 294 g/mol. The normalized spacial score (nSPS) is 22.0. The number of nitrogens with zero attached hydrogens (tertiary/aromatic N) is 1. The van der Waals surface area contributed by atoms with E-state index >= 15 is 0 Å². The van der Waals surface area contributed by atoms with Gasteiger partial charge in [-0.1, -0.05) is 6.07 Å². The summed E-state index contributed by atoms with van der Waals surface area (Å²) >= 11 is 0. The molecule has 0 bridgehead atoms. The molecule has 0 amide bonds.